The summed E-state index contributed by atoms with van der Waals surface area (Å²) in [5.41, 5.74) is 0. The monoisotopic (exact) mass is 279 g/mol. The number of ether oxygens (including phenoxy) is 2. The molecular weight excluding hydrogens is 258 g/mol. The lowest BCUT2D eigenvalue weighted by molar-refractivity contribution is -0.134. The summed E-state index contributed by atoms with van der Waals surface area (Å²) in [6.45, 7) is 3.26. The maximum Gasteiger partial charge on any atom is 0.313 e. The highest BCUT2D eigenvalue weighted by Gasteiger charge is 2.19. The van der Waals surface area contributed by atoms with Crippen LogP contribution in [-0.2, 0) is 19.1 Å². The predicted molar refractivity (Wildman–Crippen MR) is 69.9 cm³/mol. The Morgan fingerprint density at radius 2 is 1.94 bits per heavy atom. The molecule has 0 fully saturated rings. The Bertz CT molecular complexity index is 262. The fourth-order valence-electron chi connectivity index (χ4n) is 1.42. The van der Waals surface area contributed by atoms with Crippen LogP contribution < -0.4 is 0 Å². The van der Waals surface area contributed by atoms with Crippen molar-refractivity contribution >= 4 is 23.6 Å². The van der Waals surface area contributed by atoms with Crippen molar-refractivity contribution in [1.29, 1.82) is 0 Å². The number of hydrogen-bond acceptors (Lipinski definition) is 5. The van der Waals surface area contributed by atoms with Crippen molar-refractivity contribution in [3.05, 3.63) is 0 Å². The van der Waals surface area contributed by atoms with Gasteiger partial charge >= 0.3 is 5.97 Å². The minimum Gasteiger partial charge on any atom is -0.481 e. The molecule has 1 atom stereocenters. The Hall–Kier alpha value is -0.790. The molecule has 1 amide bonds. The van der Waals surface area contributed by atoms with Gasteiger partial charge in [0.15, 0.2) is 0 Å². The number of hydrogen-bond donors (Lipinski definition) is 1. The predicted octanol–water partition coefficient (Wildman–Crippen LogP) is 0.314. The number of carboxylic acid groups (broad SMARTS) is 1. The Kier molecular flexibility index (Phi) is 9.72. The lowest BCUT2D eigenvalue weighted by Crippen LogP contribution is -2.44. The molecule has 0 aliphatic heterocycles. The Labute approximate surface area is 112 Å². The van der Waals surface area contributed by atoms with Gasteiger partial charge in [-0.25, -0.2) is 0 Å². The molecule has 18 heavy (non-hydrogen) atoms. The first-order chi connectivity index (χ1) is 8.52. The van der Waals surface area contributed by atoms with Gasteiger partial charge in [0.1, 0.15) is 0 Å². The van der Waals surface area contributed by atoms with Crippen LogP contribution >= 0.6 is 11.8 Å². The zero-order valence-electron chi connectivity index (χ0n) is 11.0. The average Bonchev–Trinajstić information content (AvgIpc) is 2.29. The van der Waals surface area contributed by atoms with Crippen LogP contribution in [0.2, 0.25) is 0 Å². The molecule has 0 radical (unpaired) electrons. The summed E-state index contributed by atoms with van der Waals surface area (Å²) in [5, 5.41) is 8.51. The summed E-state index contributed by atoms with van der Waals surface area (Å²) in [6, 6.07) is -0.0527. The fraction of sp³-hybridized carbons (Fsp3) is 0.818. The van der Waals surface area contributed by atoms with Gasteiger partial charge in [0.05, 0.1) is 30.8 Å². The Morgan fingerprint density at radius 1 is 1.28 bits per heavy atom. The maximum absolute atomic E-state index is 11.9. The first kappa shape index (κ1) is 17.2. The van der Waals surface area contributed by atoms with E-state index in [9.17, 15) is 9.59 Å². The van der Waals surface area contributed by atoms with Gasteiger partial charge in [0.25, 0.3) is 0 Å². The smallest absolute Gasteiger partial charge is 0.313 e. The highest BCUT2D eigenvalue weighted by molar-refractivity contribution is 8.00. The number of carbonyl (C=O) groups excluding carboxylic acids is 1. The lowest BCUT2D eigenvalue weighted by atomic mass is 10.3. The minimum absolute atomic E-state index is 0.0527. The van der Waals surface area contributed by atoms with Crippen molar-refractivity contribution < 1.29 is 24.2 Å². The topological polar surface area (TPSA) is 76.1 Å². The summed E-state index contributed by atoms with van der Waals surface area (Å²) in [5.74, 6) is -0.920. The maximum atomic E-state index is 11.9. The van der Waals surface area contributed by atoms with Crippen LogP contribution in [0.5, 0.6) is 0 Å². The summed E-state index contributed by atoms with van der Waals surface area (Å²) >= 11 is 1.09. The van der Waals surface area contributed by atoms with Crippen LogP contribution in [0.1, 0.15) is 6.92 Å². The zero-order valence-corrected chi connectivity index (χ0v) is 11.9. The van der Waals surface area contributed by atoms with Crippen LogP contribution in [0.15, 0.2) is 0 Å². The van der Waals surface area contributed by atoms with E-state index in [1.165, 1.54) is 0 Å². The van der Waals surface area contributed by atoms with Gasteiger partial charge in [-0.15, -0.1) is 11.8 Å². The molecule has 0 aliphatic rings. The molecule has 0 aromatic heterocycles. The minimum atomic E-state index is -0.916. The number of thioether (sulfide) groups is 1. The molecule has 0 saturated heterocycles. The molecule has 0 spiro atoms. The number of rotatable bonds is 10. The number of carboxylic acids is 1. The van der Waals surface area contributed by atoms with Crippen molar-refractivity contribution in [2.45, 2.75) is 13.0 Å². The second kappa shape index (κ2) is 10.2. The molecule has 0 aromatic rings. The van der Waals surface area contributed by atoms with E-state index in [4.69, 9.17) is 14.6 Å². The molecule has 1 N–H and O–H groups in total. The van der Waals surface area contributed by atoms with Crippen LogP contribution in [0, 0.1) is 0 Å². The van der Waals surface area contributed by atoms with Crippen LogP contribution in [0.3, 0.4) is 0 Å². The van der Waals surface area contributed by atoms with E-state index in [1.54, 1.807) is 19.1 Å². The molecule has 0 aromatic carbocycles. The third-order valence-electron chi connectivity index (χ3n) is 2.25. The van der Waals surface area contributed by atoms with E-state index >= 15 is 0 Å². The third-order valence-corrected chi connectivity index (χ3v) is 3.15. The van der Waals surface area contributed by atoms with Gasteiger partial charge < -0.3 is 19.5 Å². The molecule has 106 valence electrons. The molecule has 0 heterocycles. The second-order valence-corrected chi connectivity index (χ2v) is 4.76. The quantitative estimate of drug-likeness (QED) is 0.620. The number of carbonyl (C=O) groups is 2. The van der Waals surface area contributed by atoms with E-state index < -0.39 is 5.97 Å². The molecule has 0 rings (SSSR count). The van der Waals surface area contributed by atoms with E-state index in [2.05, 4.69) is 0 Å². The second-order valence-electron chi connectivity index (χ2n) is 3.77. The van der Waals surface area contributed by atoms with Gasteiger partial charge in [0, 0.05) is 20.8 Å². The van der Waals surface area contributed by atoms with E-state index in [0.717, 1.165) is 11.8 Å². The summed E-state index contributed by atoms with van der Waals surface area (Å²) < 4.78 is 9.98. The standard InChI is InChI=1S/C11H21NO5S/c1-9(6-17-3)12(4-5-16-2)10(13)7-18-8-11(14)15/h9H,4-8H2,1-3H3,(H,14,15). The van der Waals surface area contributed by atoms with Gasteiger partial charge in [-0.3, -0.25) is 9.59 Å². The van der Waals surface area contributed by atoms with Crippen molar-refractivity contribution in [2.75, 3.05) is 45.5 Å². The van der Waals surface area contributed by atoms with Crippen molar-refractivity contribution in [3.63, 3.8) is 0 Å². The Balaban J connectivity index is 4.25. The molecule has 0 bridgehead atoms. The fourth-order valence-corrected chi connectivity index (χ4v) is 2.04. The van der Waals surface area contributed by atoms with Crippen LogP contribution in [0.25, 0.3) is 0 Å². The normalized spacial score (nSPS) is 12.2. The number of aliphatic carboxylic acids is 1. The number of methoxy groups -OCH3 is 2. The number of nitrogens with zero attached hydrogens (tertiary/aromatic N) is 1. The SMILES string of the molecule is COCCN(C(=O)CSCC(=O)O)C(C)COC. The van der Waals surface area contributed by atoms with E-state index in [-0.39, 0.29) is 23.5 Å². The van der Waals surface area contributed by atoms with Gasteiger partial charge in [-0.1, -0.05) is 0 Å². The van der Waals surface area contributed by atoms with Gasteiger partial charge in [-0.05, 0) is 6.92 Å². The van der Waals surface area contributed by atoms with Crippen molar-refractivity contribution in [2.24, 2.45) is 0 Å². The first-order valence-corrected chi connectivity index (χ1v) is 6.75. The third kappa shape index (κ3) is 7.52. The molecule has 1 unspecified atom stereocenters. The van der Waals surface area contributed by atoms with Crippen molar-refractivity contribution in [3.8, 4) is 0 Å². The largest absolute Gasteiger partial charge is 0.481 e. The molecule has 0 aliphatic carbocycles. The number of amides is 1. The van der Waals surface area contributed by atoms with E-state index in [0.29, 0.717) is 19.8 Å². The first-order valence-electron chi connectivity index (χ1n) is 5.59. The van der Waals surface area contributed by atoms with Crippen molar-refractivity contribution in [1.82, 2.24) is 4.90 Å². The molecule has 6 nitrogen and oxygen atoms in total. The highest BCUT2D eigenvalue weighted by atomic mass is 32.2. The highest BCUT2D eigenvalue weighted by Crippen LogP contribution is 2.06. The summed E-state index contributed by atoms with van der Waals surface area (Å²) in [7, 11) is 3.15. The lowest BCUT2D eigenvalue weighted by Gasteiger charge is -2.28. The van der Waals surface area contributed by atoms with Gasteiger partial charge in [0.2, 0.25) is 5.91 Å². The van der Waals surface area contributed by atoms with Gasteiger partial charge in [-0.2, -0.15) is 0 Å². The average molecular weight is 279 g/mol. The molecular formula is C11H21NO5S. The summed E-state index contributed by atoms with van der Waals surface area (Å²) in [4.78, 5) is 24.0. The Morgan fingerprint density at radius 3 is 2.44 bits per heavy atom. The molecule has 7 heteroatoms. The van der Waals surface area contributed by atoms with Crippen LogP contribution in [-0.4, -0.2) is 73.4 Å². The van der Waals surface area contributed by atoms with E-state index in [1.807, 2.05) is 6.92 Å². The zero-order chi connectivity index (χ0) is 14.0. The summed E-state index contributed by atoms with van der Waals surface area (Å²) in [6.07, 6.45) is 0. The molecule has 0 saturated carbocycles. The van der Waals surface area contributed by atoms with Crippen LogP contribution in [0.4, 0.5) is 0 Å².